The standard InChI is InChI=1S/C15H18ClN3O3S/c1-3-19(9-10(2)20)15(21)18-14-17-8-13(23-14)22-12-6-4-5-11(16)7-12/h4-8,10,20H,3,9H2,1-2H3,(H,17,18,21)/t10-/m0/s1. The summed E-state index contributed by atoms with van der Waals surface area (Å²) >= 11 is 7.11. The molecule has 1 atom stereocenters. The molecule has 0 saturated heterocycles. The summed E-state index contributed by atoms with van der Waals surface area (Å²) in [5, 5.41) is 13.6. The Morgan fingerprint density at radius 1 is 1.57 bits per heavy atom. The highest BCUT2D eigenvalue weighted by molar-refractivity contribution is 7.17. The van der Waals surface area contributed by atoms with Crippen molar-refractivity contribution in [3.63, 3.8) is 0 Å². The molecule has 2 rings (SSSR count). The molecule has 0 aliphatic rings. The Morgan fingerprint density at radius 3 is 3.00 bits per heavy atom. The van der Waals surface area contributed by atoms with Gasteiger partial charge in [-0.25, -0.2) is 9.78 Å². The van der Waals surface area contributed by atoms with E-state index >= 15 is 0 Å². The number of nitrogens with zero attached hydrogens (tertiary/aromatic N) is 2. The highest BCUT2D eigenvalue weighted by atomic mass is 35.5. The molecule has 1 heterocycles. The number of amides is 2. The van der Waals surface area contributed by atoms with Crippen LogP contribution in [0.4, 0.5) is 9.93 Å². The van der Waals surface area contributed by atoms with E-state index in [4.69, 9.17) is 16.3 Å². The molecule has 0 radical (unpaired) electrons. The second-order valence-corrected chi connectivity index (χ2v) is 6.29. The van der Waals surface area contributed by atoms with Gasteiger partial charge in [-0.2, -0.15) is 0 Å². The highest BCUT2D eigenvalue weighted by Gasteiger charge is 2.15. The molecule has 0 bridgehead atoms. The number of hydrogen-bond donors (Lipinski definition) is 2. The largest absolute Gasteiger partial charge is 0.445 e. The Kier molecular flexibility index (Phi) is 6.20. The van der Waals surface area contributed by atoms with E-state index in [0.717, 1.165) is 0 Å². The molecular formula is C15H18ClN3O3S. The first-order valence-corrected chi connectivity index (χ1v) is 8.30. The van der Waals surface area contributed by atoms with Crippen molar-refractivity contribution in [2.45, 2.75) is 20.0 Å². The van der Waals surface area contributed by atoms with Crippen molar-refractivity contribution in [3.05, 3.63) is 35.5 Å². The molecule has 124 valence electrons. The number of halogens is 1. The minimum Gasteiger partial charge on any atom is -0.445 e. The summed E-state index contributed by atoms with van der Waals surface area (Å²) in [4.78, 5) is 17.7. The van der Waals surface area contributed by atoms with Gasteiger partial charge in [0.1, 0.15) is 5.75 Å². The summed E-state index contributed by atoms with van der Waals surface area (Å²) in [6, 6.07) is 6.72. The minimum absolute atomic E-state index is 0.263. The third-order valence-corrected chi connectivity index (χ3v) is 3.89. The number of rotatable bonds is 6. The number of benzene rings is 1. The van der Waals surface area contributed by atoms with Crippen LogP contribution < -0.4 is 10.1 Å². The lowest BCUT2D eigenvalue weighted by atomic mass is 10.3. The predicted molar refractivity (Wildman–Crippen MR) is 91.6 cm³/mol. The smallest absolute Gasteiger partial charge is 0.323 e. The zero-order valence-corrected chi connectivity index (χ0v) is 14.4. The van der Waals surface area contributed by atoms with Crippen molar-refractivity contribution in [2.24, 2.45) is 0 Å². The molecule has 0 spiro atoms. The van der Waals surface area contributed by atoms with Crippen molar-refractivity contribution < 1.29 is 14.6 Å². The van der Waals surface area contributed by atoms with E-state index in [1.807, 2.05) is 6.92 Å². The van der Waals surface area contributed by atoms with Gasteiger partial charge in [0.05, 0.1) is 12.3 Å². The Balaban J connectivity index is 1.97. The number of aliphatic hydroxyl groups is 1. The number of carbonyl (C=O) groups is 1. The number of likely N-dealkylation sites (N-methyl/N-ethyl adjacent to an activating group) is 1. The molecule has 0 saturated carbocycles. The van der Waals surface area contributed by atoms with Gasteiger partial charge in [-0.15, -0.1) is 0 Å². The van der Waals surface area contributed by atoms with Crippen LogP contribution in [0, 0.1) is 0 Å². The fourth-order valence-corrected chi connectivity index (χ4v) is 2.71. The summed E-state index contributed by atoms with van der Waals surface area (Å²) in [6.45, 7) is 4.24. The van der Waals surface area contributed by atoms with Gasteiger partial charge in [-0.1, -0.05) is 29.0 Å². The number of aliphatic hydroxyl groups excluding tert-OH is 1. The molecule has 0 fully saturated rings. The van der Waals surface area contributed by atoms with E-state index in [0.29, 0.717) is 27.5 Å². The van der Waals surface area contributed by atoms with Gasteiger partial charge < -0.3 is 14.7 Å². The zero-order valence-electron chi connectivity index (χ0n) is 12.8. The maximum Gasteiger partial charge on any atom is 0.323 e. The molecule has 2 N–H and O–H groups in total. The van der Waals surface area contributed by atoms with E-state index in [2.05, 4.69) is 10.3 Å². The van der Waals surface area contributed by atoms with E-state index in [1.165, 1.54) is 22.4 Å². The van der Waals surface area contributed by atoms with Crippen LogP contribution in [0.1, 0.15) is 13.8 Å². The van der Waals surface area contributed by atoms with E-state index in [1.54, 1.807) is 31.2 Å². The summed E-state index contributed by atoms with van der Waals surface area (Å²) in [7, 11) is 0. The Hall–Kier alpha value is -1.83. The quantitative estimate of drug-likeness (QED) is 0.825. The lowest BCUT2D eigenvalue weighted by Crippen LogP contribution is -2.39. The normalized spacial score (nSPS) is 11.8. The lowest BCUT2D eigenvalue weighted by Gasteiger charge is -2.21. The maximum absolute atomic E-state index is 12.1. The summed E-state index contributed by atoms with van der Waals surface area (Å²) in [5.74, 6) is 0.600. The van der Waals surface area contributed by atoms with Gasteiger partial charge in [0.15, 0.2) is 5.13 Å². The van der Waals surface area contributed by atoms with Crippen LogP contribution in [0.15, 0.2) is 30.5 Å². The molecule has 2 aromatic rings. The summed E-state index contributed by atoms with van der Waals surface area (Å²) in [5.41, 5.74) is 0. The number of carbonyl (C=O) groups excluding carboxylic acids is 1. The summed E-state index contributed by atoms with van der Waals surface area (Å²) in [6.07, 6.45) is 0.949. The van der Waals surface area contributed by atoms with E-state index in [-0.39, 0.29) is 12.6 Å². The number of hydrogen-bond acceptors (Lipinski definition) is 5. The Bertz CT molecular complexity index is 663. The van der Waals surface area contributed by atoms with Crippen molar-refractivity contribution >= 4 is 34.1 Å². The predicted octanol–water partition coefficient (Wildman–Crippen LogP) is 3.82. The molecule has 23 heavy (non-hydrogen) atoms. The number of urea groups is 1. The SMILES string of the molecule is CCN(C[C@H](C)O)C(=O)Nc1ncc(Oc2cccc(Cl)c2)s1. The summed E-state index contributed by atoms with van der Waals surface area (Å²) < 4.78 is 5.64. The Morgan fingerprint density at radius 2 is 2.35 bits per heavy atom. The first kappa shape index (κ1) is 17.5. The Labute approximate surface area is 143 Å². The van der Waals surface area contributed by atoms with Crippen molar-refractivity contribution in [2.75, 3.05) is 18.4 Å². The second-order valence-electron chi connectivity index (χ2n) is 4.86. The van der Waals surface area contributed by atoms with Gasteiger partial charge >= 0.3 is 6.03 Å². The first-order chi connectivity index (χ1) is 11.0. The zero-order chi connectivity index (χ0) is 16.8. The molecule has 1 aromatic heterocycles. The van der Waals surface area contributed by atoms with Crippen LogP contribution in [0.25, 0.3) is 0 Å². The topological polar surface area (TPSA) is 74.7 Å². The van der Waals surface area contributed by atoms with Gasteiger partial charge in [0.25, 0.3) is 0 Å². The van der Waals surface area contributed by atoms with Crippen LogP contribution in [0.3, 0.4) is 0 Å². The average molecular weight is 356 g/mol. The van der Waals surface area contributed by atoms with Crippen LogP contribution in [-0.2, 0) is 0 Å². The third-order valence-electron chi connectivity index (χ3n) is 2.87. The molecule has 0 aliphatic heterocycles. The molecule has 0 aliphatic carbocycles. The second kappa shape index (κ2) is 8.14. The van der Waals surface area contributed by atoms with Crippen LogP contribution >= 0.6 is 22.9 Å². The molecule has 2 amide bonds. The monoisotopic (exact) mass is 355 g/mol. The first-order valence-electron chi connectivity index (χ1n) is 7.11. The van der Waals surface area contributed by atoms with E-state index in [9.17, 15) is 9.90 Å². The van der Waals surface area contributed by atoms with Crippen molar-refractivity contribution in [1.29, 1.82) is 0 Å². The lowest BCUT2D eigenvalue weighted by molar-refractivity contribution is 0.141. The van der Waals surface area contributed by atoms with Crippen molar-refractivity contribution in [3.8, 4) is 10.8 Å². The van der Waals surface area contributed by atoms with Gasteiger partial charge in [0, 0.05) is 18.1 Å². The molecule has 8 heteroatoms. The number of anilines is 1. The number of aromatic nitrogens is 1. The average Bonchev–Trinajstić information content (AvgIpc) is 2.91. The number of thiazole rings is 1. The van der Waals surface area contributed by atoms with Gasteiger partial charge in [-0.05, 0) is 32.0 Å². The fourth-order valence-electron chi connectivity index (χ4n) is 1.86. The van der Waals surface area contributed by atoms with Crippen LogP contribution in [-0.4, -0.2) is 40.2 Å². The number of nitrogens with one attached hydrogen (secondary N) is 1. The van der Waals surface area contributed by atoms with Crippen LogP contribution in [0.5, 0.6) is 10.8 Å². The van der Waals surface area contributed by atoms with Crippen molar-refractivity contribution in [1.82, 2.24) is 9.88 Å². The van der Waals surface area contributed by atoms with Gasteiger partial charge in [0.2, 0.25) is 5.06 Å². The molecule has 0 unspecified atom stereocenters. The van der Waals surface area contributed by atoms with Crippen LogP contribution in [0.2, 0.25) is 5.02 Å². The highest BCUT2D eigenvalue weighted by Crippen LogP contribution is 2.31. The fraction of sp³-hybridized carbons (Fsp3) is 0.333. The maximum atomic E-state index is 12.1. The van der Waals surface area contributed by atoms with Gasteiger partial charge in [-0.3, -0.25) is 5.32 Å². The van der Waals surface area contributed by atoms with E-state index < -0.39 is 6.10 Å². The third kappa shape index (κ3) is 5.38. The molecule has 1 aromatic carbocycles. The minimum atomic E-state index is -0.585. The molecular weight excluding hydrogens is 338 g/mol. The molecule has 6 nitrogen and oxygen atoms in total. The number of ether oxygens (including phenoxy) is 1.